The minimum absolute atomic E-state index is 0.0417. The van der Waals surface area contributed by atoms with Crippen LogP contribution in [-0.2, 0) is 25.9 Å². The molecular formula is C15H42O6Si5. The summed E-state index contributed by atoms with van der Waals surface area (Å²) in [6.07, 6.45) is 0. The van der Waals surface area contributed by atoms with Gasteiger partial charge in [0.1, 0.15) is 0 Å². The first-order chi connectivity index (χ1) is 11.5. The summed E-state index contributed by atoms with van der Waals surface area (Å²) >= 11 is 0. The predicted octanol–water partition coefficient (Wildman–Crippen LogP) is 4.40. The third kappa shape index (κ3) is 8.07. The van der Waals surface area contributed by atoms with Gasteiger partial charge in [0.2, 0.25) is 0 Å². The zero-order valence-corrected chi connectivity index (χ0v) is 24.2. The Morgan fingerprint density at radius 3 is 1.12 bits per heavy atom. The van der Waals surface area contributed by atoms with E-state index < -0.39 is 42.3 Å². The molecule has 0 spiro atoms. The Morgan fingerprint density at radius 2 is 0.885 bits per heavy atom. The fraction of sp³-hybridized carbons (Fsp3) is 1.00. The van der Waals surface area contributed by atoms with E-state index in [1.165, 1.54) is 0 Å². The van der Waals surface area contributed by atoms with E-state index >= 15 is 0 Å². The second-order valence-corrected chi connectivity index (χ2v) is 29.6. The van der Waals surface area contributed by atoms with Gasteiger partial charge in [-0.2, -0.15) is 0 Å². The largest absolute Gasteiger partial charge is 0.437 e. The first kappa shape index (κ1) is 26.8. The summed E-state index contributed by atoms with van der Waals surface area (Å²) < 4.78 is 37.3. The van der Waals surface area contributed by atoms with E-state index in [-0.39, 0.29) is 5.16 Å². The summed E-state index contributed by atoms with van der Waals surface area (Å²) in [5.74, 6) is 0. The molecule has 0 amide bonds. The number of rotatable bonds is 12. The van der Waals surface area contributed by atoms with Crippen molar-refractivity contribution < 1.29 is 25.9 Å². The summed E-state index contributed by atoms with van der Waals surface area (Å²) in [6, 6.07) is 0.738. The van der Waals surface area contributed by atoms with Crippen molar-refractivity contribution in [3.63, 3.8) is 0 Å². The van der Waals surface area contributed by atoms with Crippen LogP contribution in [0.4, 0.5) is 0 Å². The van der Waals surface area contributed by atoms with Crippen molar-refractivity contribution in [2.45, 2.75) is 70.1 Å². The molecule has 0 N–H and O–H groups in total. The Kier molecular flexibility index (Phi) is 9.87. The molecule has 0 rings (SSSR count). The normalized spacial score (nSPS) is 16.0. The topological polar surface area (TPSA) is 55.4 Å². The molecule has 0 aliphatic rings. The molecule has 0 aliphatic heterocycles. The highest BCUT2D eigenvalue weighted by atomic mass is 28.5. The molecule has 0 aromatic carbocycles. The third-order valence-electron chi connectivity index (χ3n) is 4.53. The molecule has 0 fully saturated rings. The number of hydrogen-bond donors (Lipinski definition) is 0. The van der Waals surface area contributed by atoms with Crippen molar-refractivity contribution in [3.8, 4) is 0 Å². The highest BCUT2D eigenvalue weighted by Gasteiger charge is 2.60. The maximum atomic E-state index is 6.82. The van der Waals surface area contributed by atoms with Gasteiger partial charge in [-0.15, -0.1) is 0 Å². The molecule has 1 atom stereocenters. The lowest BCUT2D eigenvalue weighted by molar-refractivity contribution is 0.223. The lowest BCUT2D eigenvalue weighted by atomic mass is 10.9. The highest BCUT2D eigenvalue weighted by Crippen LogP contribution is 2.43. The van der Waals surface area contributed by atoms with Gasteiger partial charge in [-0.05, 0) is 65.0 Å². The smallest absolute Gasteiger partial charge is 0.339 e. The van der Waals surface area contributed by atoms with Gasteiger partial charge in [-0.1, -0.05) is 0 Å². The fourth-order valence-electron chi connectivity index (χ4n) is 3.21. The Balaban J connectivity index is 6.32. The standard InChI is InChI=1S/C15H42O6Si5/c1-16-24(11,17-2)14-15(25(12,18-3)19-4)26(13,20-22(5,6)7)21-23(8,9)10/h15H,14H2,1-13H3. The van der Waals surface area contributed by atoms with Crippen molar-refractivity contribution in [1.29, 1.82) is 0 Å². The maximum Gasteiger partial charge on any atom is 0.339 e. The molecule has 0 bridgehead atoms. The predicted molar refractivity (Wildman–Crippen MR) is 120 cm³/mol. The average Bonchev–Trinajstić information content (AvgIpc) is 2.47. The second-order valence-electron chi connectivity index (χ2n) is 9.17. The summed E-state index contributed by atoms with van der Waals surface area (Å²) in [4.78, 5) is 0. The van der Waals surface area contributed by atoms with E-state index in [9.17, 15) is 0 Å². The molecule has 0 aromatic rings. The molecule has 0 saturated heterocycles. The van der Waals surface area contributed by atoms with Crippen LogP contribution < -0.4 is 0 Å². The summed E-state index contributed by atoms with van der Waals surface area (Å²) in [5.41, 5.74) is 0. The molecule has 0 aromatic heterocycles. The van der Waals surface area contributed by atoms with Crippen molar-refractivity contribution in [1.82, 2.24) is 0 Å². The second kappa shape index (κ2) is 9.56. The quantitative estimate of drug-likeness (QED) is 0.404. The molecular weight excluding hydrogens is 417 g/mol. The van der Waals surface area contributed by atoms with E-state index in [2.05, 4.69) is 58.9 Å². The van der Waals surface area contributed by atoms with Crippen LogP contribution in [0.25, 0.3) is 0 Å². The van der Waals surface area contributed by atoms with E-state index in [0.717, 1.165) is 6.04 Å². The molecule has 6 nitrogen and oxygen atoms in total. The molecule has 0 saturated carbocycles. The molecule has 11 heteroatoms. The van der Waals surface area contributed by atoms with Crippen LogP contribution in [0.5, 0.6) is 0 Å². The van der Waals surface area contributed by atoms with Crippen molar-refractivity contribution in [2.24, 2.45) is 0 Å². The lowest BCUT2D eigenvalue weighted by Gasteiger charge is -2.48. The number of hydrogen-bond acceptors (Lipinski definition) is 6. The molecule has 0 heterocycles. The van der Waals surface area contributed by atoms with Crippen molar-refractivity contribution >= 4 is 42.3 Å². The van der Waals surface area contributed by atoms with E-state index in [1.54, 1.807) is 28.4 Å². The van der Waals surface area contributed by atoms with Crippen LogP contribution in [0.1, 0.15) is 0 Å². The van der Waals surface area contributed by atoms with Crippen LogP contribution in [0, 0.1) is 0 Å². The SMILES string of the molecule is CO[Si](C)(CC([Si](C)(OC)OC)[Si](C)(O[Si](C)(C)C)O[Si](C)(C)C)OC. The van der Waals surface area contributed by atoms with Crippen LogP contribution >= 0.6 is 0 Å². The molecule has 0 radical (unpaired) electrons. The van der Waals surface area contributed by atoms with E-state index in [4.69, 9.17) is 25.9 Å². The lowest BCUT2D eigenvalue weighted by Crippen LogP contribution is -2.64. The fourth-order valence-corrected chi connectivity index (χ4v) is 27.4. The average molecular weight is 459 g/mol. The summed E-state index contributed by atoms with van der Waals surface area (Å²) in [5, 5.41) is 0.0417. The van der Waals surface area contributed by atoms with Gasteiger partial charge in [-0.3, -0.25) is 0 Å². The van der Waals surface area contributed by atoms with Gasteiger partial charge >= 0.3 is 25.7 Å². The van der Waals surface area contributed by atoms with Crippen LogP contribution in [0.3, 0.4) is 0 Å². The molecule has 158 valence electrons. The first-order valence-corrected chi connectivity index (χ1v) is 23.2. The van der Waals surface area contributed by atoms with Gasteiger partial charge in [-0.25, -0.2) is 0 Å². The van der Waals surface area contributed by atoms with E-state index in [1.807, 2.05) is 0 Å². The monoisotopic (exact) mass is 458 g/mol. The first-order valence-electron chi connectivity index (χ1n) is 9.11. The Morgan fingerprint density at radius 1 is 0.538 bits per heavy atom. The minimum atomic E-state index is -2.66. The summed E-state index contributed by atoms with van der Waals surface area (Å²) in [6.45, 7) is 19.7. The molecule has 1 unspecified atom stereocenters. The van der Waals surface area contributed by atoms with Gasteiger partial charge in [0, 0.05) is 33.6 Å². The van der Waals surface area contributed by atoms with Crippen LogP contribution in [0.15, 0.2) is 0 Å². The maximum absolute atomic E-state index is 6.82. The van der Waals surface area contributed by atoms with Crippen molar-refractivity contribution in [2.75, 3.05) is 28.4 Å². The van der Waals surface area contributed by atoms with Gasteiger partial charge in [0.15, 0.2) is 16.6 Å². The zero-order valence-electron chi connectivity index (χ0n) is 19.2. The van der Waals surface area contributed by atoms with E-state index in [0.29, 0.717) is 0 Å². The van der Waals surface area contributed by atoms with Crippen molar-refractivity contribution in [3.05, 3.63) is 0 Å². The minimum Gasteiger partial charge on any atom is -0.437 e. The highest BCUT2D eigenvalue weighted by molar-refractivity contribution is 6.96. The van der Waals surface area contributed by atoms with Gasteiger partial charge in [0.25, 0.3) is 0 Å². The molecule has 0 aliphatic carbocycles. The zero-order chi connectivity index (χ0) is 21.0. The molecule has 26 heavy (non-hydrogen) atoms. The Bertz CT molecular complexity index is 413. The van der Waals surface area contributed by atoms with Gasteiger partial charge in [0.05, 0.1) is 0 Å². The van der Waals surface area contributed by atoms with Crippen LogP contribution in [-0.4, -0.2) is 70.8 Å². The summed E-state index contributed by atoms with van der Waals surface area (Å²) in [7, 11) is -4.40. The van der Waals surface area contributed by atoms with Gasteiger partial charge < -0.3 is 25.9 Å². The van der Waals surface area contributed by atoms with Crippen LogP contribution in [0.2, 0.25) is 70.1 Å². The third-order valence-corrected chi connectivity index (χ3v) is 24.1. The Labute approximate surface area is 166 Å². The Hall–Kier alpha value is 0.844.